The van der Waals surface area contributed by atoms with Crippen LogP contribution >= 0.6 is 0 Å². The Morgan fingerprint density at radius 1 is 0.844 bits per heavy atom. The average Bonchev–Trinajstić information content (AvgIpc) is 3.16. The van der Waals surface area contributed by atoms with Gasteiger partial charge in [-0.1, -0.05) is 31.7 Å². The van der Waals surface area contributed by atoms with E-state index in [4.69, 9.17) is 0 Å². The lowest BCUT2D eigenvalue weighted by molar-refractivity contribution is 0.0381. The molecule has 1 N–H and O–H groups in total. The maximum atomic E-state index is 10.9. The van der Waals surface area contributed by atoms with Gasteiger partial charge >= 0.3 is 0 Å². The van der Waals surface area contributed by atoms with Gasteiger partial charge in [0, 0.05) is 42.8 Å². The van der Waals surface area contributed by atoms with Crippen LogP contribution in [0.2, 0.25) is 0 Å². The molecule has 32 heavy (non-hydrogen) atoms. The number of fused-ring (bicyclic) bond motifs is 3. The molecular formula is C28H41N3O. The molecule has 0 amide bonds. The highest BCUT2D eigenvalue weighted by molar-refractivity contribution is 5.87. The molecule has 4 nitrogen and oxygen atoms in total. The van der Waals surface area contributed by atoms with Crippen LogP contribution in [0.4, 0.5) is 0 Å². The summed E-state index contributed by atoms with van der Waals surface area (Å²) in [5.41, 5.74) is 6.27. The molecule has 1 saturated carbocycles. The zero-order valence-corrected chi connectivity index (χ0v) is 19.8. The van der Waals surface area contributed by atoms with Crippen molar-refractivity contribution in [2.75, 3.05) is 32.7 Å². The number of piperidine rings is 1. The third-order valence-electron chi connectivity index (χ3n) is 8.95. The second-order valence-electron chi connectivity index (χ2n) is 11.0. The van der Waals surface area contributed by atoms with Crippen LogP contribution in [-0.2, 0) is 13.0 Å². The summed E-state index contributed by atoms with van der Waals surface area (Å²) in [6.07, 6.45) is 14.5. The lowest BCUT2D eigenvalue weighted by Crippen LogP contribution is -2.46. The molecule has 1 aromatic carbocycles. The number of benzene rings is 1. The van der Waals surface area contributed by atoms with Gasteiger partial charge in [0.15, 0.2) is 0 Å². The predicted molar refractivity (Wildman–Crippen MR) is 131 cm³/mol. The van der Waals surface area contributed by atoms with Gasteiger partial charge in [0.2, 0.25) is 0 Å². The maximum absolute atomic E-state index is 10.9. The first-order valence-electron chi connectivity index (χ1n) is 13.6. The van der Waals surface area contributed by atoms with Gasteiger partial charge < -0.3 is 14.6 Å². The van der Waals surface area contributed by atoms with E-state index in [9.17, 15) is 5.11 Å². The van der Waals surface area contributed by atoms with Crippen LogP contribution in [0.1, 0.15) is 93.0 Å². The van der Waals surface area contributed by atoms with E-state index in [1.165, 1.54) is 89.2 Å². The molecule has 1 saturated heterocycles. The van der Waals surface area contributed by atoms with E-state index in [0.29, 0.717) is 6.04 Å². The van der Waals surface area contributed by atoms with Crippen molar-refractivity contribution in [2.45, 2.75) is 95.2 Å². The van der Waals surface area contributed by atoms with Crippen LogP contribution < -0.4 is 0 Å². The number of likely N-dealkylation sites (tertiary alicyclic amines) is 1. The van der Waals surface area contributed by atoms with Crippen LogP contribution in [0.25, 0.3) is 10.9 Å². The van der Waals surface area contributed by atoms with E-state index in [1.54, 1.807) is 22.2 Å². The summed E-state index contributed by atoms with van der Waals surface area (Å²) in [5.74, 6) is 0.776. The SMILES string of the molecule is O[C@H](CN1CCCCC1)CN1CCn2c3c(c4cc(C5CCCCC5)ccc42)CCC[C@H]31. The van der Waals surface area contributed by atoms with Crippen molar-refractivity contribution in [3.05, 3.63) is 35.0 Å². The molecule has 4 aliphatic rings. The summed E-state index contributed by atoms with van der Waals surface area (Å²) in [5, 5.41) is 12.5. The first kappa shape index (κ1) is 21.2. The van der Waals surface area contributed by atoms with Crippen molar-refractivity contribution < 1.29 is 5.11 Å². The number of hydrogen-bond donors (Lipinski definition) is 1. The Labute approximate surface area is 193 Å². The van der Waals surface area contributed by atoms with Gasteiger partial charge in [-0.25, -0.2) is 0 Å². The van der Waals surface area contributed by atoms with Crippen molar-refractivity contribution in [1.82, 2.24) is 14.4 Å². The molecular weight excluding hydrogens is 394 g/mol. The fourth-order valence-corrected chi connectivity index (χ4v) is 7.37. The molecule has 0 bridgehead atoms. The Morgan fingerprint density at radius 2 is 1.66 bits per heavy atom. The summed E-state index contributed by atoms with van der Waals surface area (Å²) in [7, 11) is 0. The topological polar surface area (TPSA) is 31.6 Å². The van der Waals surface area contributed by atoms with Crippen molar-refractivity contribution in [2.24, 2.45) is 0 Å². The highest BCUT2D eigenvalue weighted by atomic mass is 16.3. The molecule has 0 radical (unpaired) electrons. The first-order chi connectivity index (χ1) is 15.8. The predicted octanol–water partition coefficient (Wildman–Crippen LogP) is 5.23. The van der Waals surface area contributed by atoms with E-state index >= 15 is 0 Å². The van der Waals surface area contributed by atoms with E-state index in [2.05, 4.69) is 32.6 Å². The average molecular weight is 436 g/mol. The summed E-state index contributed by atoms with van der Waals surface area (Å²) in [4.78, 5) is 5.10. The minimum Gasteiger partial charge on any atom is -0.390 e. The normalized spacial score (nSPS) is 26.3. The van der Waals surface area contributed by atoms with Gasteiger partial charge in [0.25, 0.3) is 0 Å². The van der Waals surface area contributed by atoms with Crippen LogP contribution in [0, 0.1) is 0 Å². The molecule has 2 aliphatic heterocycles. The summed E-state index contributed by atoms with van der Waals surface area (Å²) < 4.78 is 2.65. The third-order valence-corrected chi connectivity index (χ3v) is 8.95. The van der Waals surface area contributed by atoms with Crippen molar-refractivity contribution >= 4 is 10.9 Å². The smallest absolute Gasteiger partial charge is 0.0794 e. The number of aliphatic hydroxyl groups is 1. The maximum Gasteiger partial charge on any atom is 0.0794 e. The number of aliphatic hydroxyl groups excluding tert-OH is 1. The number of aromatic nitrogens is 1. The zero-order chi connectivity index (χ0) is 21.5. The van der Waals surface area contributed by atoms with Gasteiger partial charge in [0.1, 0.15) is 0 Å². The highest BCUT2D eigenvalue weighted by Gasteiger charge is 2.35. The molecule has 0 unspecified atom stereocenters. The van der Waals surface area contributed by atoms with Crippen molar-refractivity contribution in [1.29, 1.82) is 0 Å². The zero-order valence-electron chi connectivity index (χ0n) is 19.8. The Hall–Kier alpha value is -1.36. The summed E-state index contributed by atoms with van der Waals surface area (Å²) in [6, 6.07) is 7.95. The number of rotatable bonds is 5. The fourth-order valence-electron chi connectivity index (χ4n) is 7.37. The molecule has 1 aromatic heterocycles. The van der Waals surface area contributed by atoms with Crippen molar-refractivity contribution in [3.63, 3.8) is 0 Å². The van der Waals surface area contributed by atoms with Gasteiger partial charge in [-0.15, -0.1) is 0 Å². The molecule has 0 spiro atoms. The van der Waals surface area contributed by atoms with Gasteiger partial charge in [-0.2, -0.15) is 0 Å². The lowest BCUT2D eigenvalue weighted by Gasteiger charge is -2.41. The minimum absolute atomic E-state index is 0.229. The molecule has 2 atom stereocenters. The van der Waals surface area contributed by atoms with E-state index in [1.807, 2.05) is 0 Å². The molecule has 2 aromatic rings. The van der Waals surface area contributed by atoms with Gasteiger partial charge in [-0.3, -0.25) is 4.90 Å². The second-order valence-corrected chi connectivity index (χ2v) is 11.0. The largest absolute Gasteiger partial charge is 0.390 e. The first-order valence-corrected chi connectivity index (χ1v) is 13.6. The third kappa shape index (κ3) is 3.93. The van der Waals surface area contributed by atoms with E-state index in [0.717, 1.165) is 32.1 Å². The summed E-state index contributed by atoms with van der Waals surface area (Å²) in [6.45, 7) is 6.16. The molecule has 2 aliphatic carbocycles. The summed E-state index contributed by atoms with van der Waals surface area (Å²) >= 11 is 0. The molecule has 6 rings (SSSR count). The van der Waals surface area contributed by atoms with Crippen LogP contribution in [0.3, 0.4) is 0 Å². The number of β-amino-alcohol motifs (C(OH)–C–C–N with tert-alkyl or cyclic N) is 1. The Kier molecular flexibility index (Phi) is 6.04. The van der Waals surface area contributed by atoms with Gasteiger partial charge in [-0.05, 0) is 87.2 Å². The minimum atomic E-state index is -0.229. The molecule has 174 valence electrons. The standard InChI is InChI=1S/C28H41N3O/c32-23(19-29-14-5-2-6-15-29)20-30-16-17-31-26-13-12-22(21-8-3-1-4-9-21)18-25(26)24-10-7-11-27(30)28(24)31/h12-13,18,21,23,27,32H,1-11,14-17,19-20H2/t23-,27-/m1/s1. The Bertz CT molecular complexity index is 938. The van der Waals surface area contributed by atoms with Crippen molar-refractivity contribution in [3.8, 4) is 0 Å². The number of nitrogens with zero attached hydrogens (tertiary/aromatic N) is 3. The van der Waals surface area contributed by atoms with E-state index < -0.39 is 0 Å². The van der Waals surface area contributed by atoms with Crippen LogP contribution in [-0.4, -0.2) is 58.3 Å². The second kappa shape index (κ2) is 9.12. The van der Waals surface area contributed by atoms with Gasteiger partial charge in [0.05, 0.1) is 12.1 Å². The van der Waals surface area contributed by atoms with Crippen LogP contribution in [0.5, 0.6) is 0 Å². The highest BCUT2D eigenvalue weighted by Crippen LogP contribution is 2.44. The number of hydrogen-bond acceptors (Lipinski definition) is 3. The Balaban J connectivity index is 1.25. The molecule has 3 heterocycles. The number of aryl methyl sites for hydroxylation is 1. The monoisotopic (exact) mass is 435 g/mol. The van der Waals surface area contributed by atoms with Crippen LogP contribution in [0.15, 0.2) is 18.2 Å². The molecule has 2 fully saturated rings. The molecule has 4 heteroatoms. The Morgan fingerprint density at radius 3 is 2.50 bits per heavy atom. The quantitative estimate of drug-likeness (QED) is 0.698. The van der Waals surface area contributed by atoms with E-state index in [-0.39, 0.29) is 6.10 Å². The fraction of sp³-hybridized carbons (Fsp3) is 0.714. The lowest BCUT2D eigenvalue weighted by atomic mass is 9.83.